The predicted octanol–water partition coefficient (Wildman–Crippen LogP) is 5.82. The van der Waals surface area contributed by atoms with E-state index >= 15 is 0 Å². The lowest BCUT2D eigenvalue weighted by molar-refractivity contribution is 1.26. The van der Waals surface area contributed by atoms with Crippen LogP contribution in [0.2, 0.25) is 0 Å². The lowest BCUT2D eigenvalue weighted by atomic mass is 10.1. The Morgan fingerprint density at radius 2 is 0.923 bits per heavy atom. The smallest absolute Gasteiger partial charge is 0.0820 e. The number of aromatic nitrogens is 1. The molecule has 26 heavy (non-hydrogen) atoms. The summed E-state index contributed by atoms with van der Waals surface area (Å²) in [5, 5.41) is 0. The molecule has 0 bridgehead atoms. The van der Waals surface area contributed by atoms with E-state index in [1.165, 1.54) is 0 Å². The molecule has 0 spiro atoms. The van der Waals surface area contributed by atoms with Crippen LogP contribution in [0.4, 0.5) is 11.4 Å². The van der Waals surface area contributed by atoms with Crippen molar-refractivity contribution in [1.29, 1.82) is 0 Å². The van der Waals surface area contributed by atoms with Crippen LogP contribution < -0.4 is 0 Å². The predicted molar refractivity (Wildman–Crippen MR) is 111 cm³/mol. The maximum atomic E-state index is 4.63. The van der Waals surface area contributed by atoms with Crippen LogP contribution in [0.5, 0.6) is 0 Å². The van der Waals surface area contributed by atoms with E-state index in [9.17, 15) is 0 Å². The molecule has 3 heteroatoms. The first-order chi connectivity index (χ1) is 12.5. The number of hydrogen-bond donors (Lipinski definition) is 0. The molecule has 0 aliphatic heterocycles. The second-order valence-corrected chi connectivity index (χ2v) is 6.48. The molecule has 130 valence electrons. The Bertz CT molecular complexity index is 867. The number of nitrogens with zero attached hydrogens (tertiary/aromatic N) is 3. The molecule has 2 aromatic carbocycles. The van der Waals surface area contributed by atoms with E-state index in [1.54, 1.807) is 0 Å². The Labute approximate surface area is 155 Å². The molecule has 0 radical (unpaired) electrons. The molecule has 0 aliphatic carbocycles. The van der Waals surface area contributed by atoms with Crippen LogP contribution in [0.1, 0.15) is 33.6 Å². The van der Waals surface area contributed by atoms with Crippen LogP contribution >= 0.6 is 0 Å². The quantitative estimate of drug-likeness (QED) is 0.551. The molecule has 1 heterocycles. The van der Waals surface area contributed by atoms with Gasteiger partial charge in [-0.1, -0.05) is 42.5 Å². The van der Waals surface area contributed by atoms with Gasteiger partial charge in [-0.25, -0.2) is 4.98 Å². The number of aliphatic imine (C=N–C) groups is 2. The molecular weight excluding hydrogens is 318 g/mol. The normalized spacial score (nSPS) is 11.5. The summed E-state index contributed by atoms with van der Waals surface area (Å²) in [7, 11) is 0. The largest absolute Gasteiger partial charge is 0.254 e. The van der Waals surface area contributed by atoms with Gasteiger partial charge in [-0.3, -0.25) is 9.98 Å². The molecule has 0 N–H and O–H groups in total. The number of hydrogen-bond acceptors (Lipinski definition) is 3. The van der Waals surface area contributed by atoms with Crippen LogP contribution in [0.15, 0.2) is 64.6 Å². The third-order valence-corrected chi connectivity index (χ3v) is 4.32. The highest BCUT2D eigenvalue weighted by Gasteiger charge is 2.01. The van der Waals surface area contributed by atoms with Crippen LogP contribution in [0.3, 0.4) is 0 Å². The summed E-state index contributed by atoms with van der Waals surface area (Å²) in [5.41, 5.74) is 8.29. The molecule has 0 saturated carbocycles. The summed E-state index contributed by atoms with van der Waals surface area (Å²) in [4.78, 5) is 13.9. The maximum absolute atomic E-state index is 4.63. The topological polar surface area (TPSA) is 37.6 Å². The molecule has 0 atom stereocenters. The molecule has 0 unspecified atom stereocenters. The van der Waals surface area contributed by atoms with Gasteiger partial charge in [0.1, 0.15) is 0 Å². The number of aryl methyl sites for hydroxylation is 4. The zero-order chi connectivity index (χ0) is 18.5. The lowest BCUT2D eigenvalue weighted by Crippen LogP contribution is -1.93. The van der Waals surface area contributed by atoms with Crippen molar-refractivity contribution in [1.82, 2.24) is 4.98 Å². The zero-order valence-corrected chi connectivity index (χ0v) is 15.7. The molecule has 0 aliphatic rings. The Morgan fingerprint density at radius 1 is 0.577 bits per heavy atom. The Hall–Kier alpha value is -3.07. The Morgan fingerprint density at radius 3 is 1.31 bits per heavy atom. The van der Waals surface area contributed by atoms with E-state index in [2.05, 4.69) is 66.9 Å². The monoisotopic (exact) mass is 341 g/mol. The molecule has 3 rings (SSSR count). The maximum Gasteiger partial charge on any atom is 0.0820 e. The third-order valence-electron chi connectivity index (χ3n) is 4.32. The van der Waals surface area contributed by atoms with Gasteiger partial charge >= 0.3 is 0 Å². The van der Waals surface area contributed by atoms with Gasteiger partial charge in [0, 0.05) is 0 Å². The van der Waals surface area contributed by atoms with Gasteiger partial charge in [0.2, 0.25) is 0 Å². The van der Waals surface area contributed by atoms with Crippen molar-refractivity contribution in [2.75, 3.05) is 0 Å². The average molecular weight is 341 g/mol. The summed E-state index contributed by atoms with van der Waals surface area (Å²) in [5.74, 6) is 0. The van der Waals surface area contributed by atoms with E-state index in [0.717, 1.165) is 45.0 Å². The first-order valence-electron chi connectivity index (χ1n) is 8.72. The molecule has 3 nitrogen and oxygen atoms in total. The molecule has 1 aromatic heterocycles. The van der Waals surface area contributed by atoms with Crippen LogP contribution in [0, 0.1) is 27.7 Å². The lowest BCUT2D eigenvalue weighted by Gasteiger charge is -2.04. The zero-order valence-electron chi connectivity index (χ0n) is 15.7. The third kappa shape index (κ3) is 4.12. The summed E-state index contributed by atoms with van der Waals surface area (Å²) in [6.45, 7) is 8.28. The molecule has 0 amide bonds. The fourth-order valence-corrected chi connectivity index (χ4v) is 2.89. The van der Waals surface area contributed by atoms with Crippen LogP contribution in [0.25, 0.3) is 0 Å². The van der Waals surface area contributed by atoms with Crippen LogP contribution in [-0.4, -0.2) is 17.4 Å². The molecular formula is C23H23N3. The van der Waals surface area contributed by atoms with Crippen molar-refractivity contribution in [3.8, 4) is 0 Å². The number of rotatable bonds is 4. The van der Waals surface area contributed by atoms with Gasteiger partial charge in [0.15, 0.2) is 0 Å². The van der Waals surface area contributed by atoms with E-state index in [1.807, 2.05) is 42.8 Å². The summed E-state index contributed by atoms with van der Waals surface area (Å²) in [6, 6.07) is 18.3. The highest BCUT2D eigenvalue weighted by molar-refractivity contribution is 5.84. The Balaban J connectivity index is 1.85. The first kappa shape index (κ1) is 17.7. The van der Waals surface area contributed by atoms with Gasteiger partial charge in [-0.2, -0.15) is 0 Å². The number of benzene rings is 2. The molecule has 0 saturated heterocycles. The summed E-state index contributed by atoms with van der Waals surface area (Å²) < 4.78 is 0. The average Bonchev–Trinajstić information content (AvgIpc) is 2.61. The fraction of sp³-hybridized carbons (Fsp3) is 0.174. The molecule has 0 fully saturated rings. The standard InChI is InChI=1S/C23H23N3/c1-16-8-5-9-17(2)22(16)24-14-20-12-7-13-21(26-20)15-25-23-18(3)10-6-11-19(23)4/h5-15H,1-4H3. The highest BCUT2D eigenvalue weighted by atomic mass is 14.8. The van der Waals surface area contributed by atoms with Gasteiger partial charge in [0.25, 0.3) is 0 Å². The second kappa shape index (κ2) is 7.87. The Kier molecular flexibility index (Phi) is 5.37. The van der Waals surface area contributed by atoms with Gasteiger partial charge in [-0.15, -0.1) is 0 Å². The van der Waals surface area contributed by atoms with Crippen LogP contribution in [-0.2, 0) is 0 Å². The van der Waals surface area contributed by atoms with E-state index in [0.29, 0.717) is 0 Å². The fourth-order valence-electron chi connectivity index (χ4n) is 2.89. The molecule has 3 aromatic rings. The van der Waals surface area contributed by atoms with Crippen molar-refractivity contribution in [3.63, 3.8) is 0 Å². The van der Waals surface area contributed by atoms with E-state index in [4.69, 9.17) is 0 Å². The van der Waals surface area contributed by atoms with Crippen molar-refractivity contribution < 1.29 is 0 Å². The summed E-state index contributed by atoms with van der Waals surface area (Å²) in [6.07, 6.45) is 3.62. The van der Waals surface area contributed by atoms with E-state index < -0.39 is 0 Å². The SMILES string of the molecule is Cc1cccc(C)c1N=Cc1cccc(C=Nc2c(C)cccc2C)n1. The summed E-state index contributed by atoms with van der Waals surface area (Å²) >= 11 is 0. The van der Waals surface area contributed by atoms with Crippen molar-refractivity contribution in [3.05, 3.63) is 88.2 Å². The number of para-hydroxylation sites is 2. The van der Waals surface area contributed by atoms with Crippen molar-refractivity contribution in [2.45, 2.75) is 27.7 Å². The minimum absolute atomic E-state index is 0.818. The highest BCUT2D eigenvalue weighted by Crippen LogP contribution is 2.23. The second-order valence-electron chi connectivity index (χ2n) is 6.48. The minimum atomic E-state index is 0.818. The van der Waals surface area contributed by atoms with E-state index in [-0.39, 0.29) is 0 Å². The van der Waals surface area contributed by atoms with Crippen molar-refractivity contribution >= 4 is 23.8 Å². The number of pyridine rings is 1. The van der Waals surface area contributed by atoms with Crippen molar-refractivity contribution in [2.24, 2.45) is 9.98 Å². The van der Waals surface area contributed by atoms with Gasteiger partial charge in [-0.05, 0) is 62.1 Å². The minimum Gasteiger partial charge on any atom is -0.254 e. The van der Waals surface area contributed by atoms with Gasteiger partial charge in [0.05, 0.1) is 35.2 Å². The van der Waals surface area contributed by atoms with Gasteiger partial charge < -0.3 is 0 Å². The first-order valence-corrected chi connectivity index (χ1v) is 8.72.